The standard InChI is InChI=1S/C22H26N2O5/c1-15(13-28-20-10-6-5-9-19(20)27-2)23-11-16(25)14-29-21-12-24-22(26)18-8-4-3-7-17(18)21/h3-10,12,15-16,23,25H,11,13-14H2,1-2H3,(H,24,26)/t15-,16+/m1/s1. The first-order valence-electron chi connectivity index (χ1n) is 9.45. The van der Waals surface area contributed by atoms with Gasteiger partial charge in [0.15, 0.2) is 11.5 Å². The molecule has 1 heterocycles. The van der Waals surface area contributed by atoms with E-state index in [0.717, 1.165) is 5.39 Å². The molecule has 3 aromatic rings. The largest absolute Gasteiger partial charge is 0.493 e. The Bertz CT molecular complexity index is 934. The molecular weight excluding hydrogens is 372 g/mol. The van der Waals surface area contributed by atoms with Gasteiger partial charge in [-0.25, -0.2) is 4.98 Å². The van der Waals surface area contributed by atoms with Gasteiger partial charge in [0, 0.05) is 23.4 Å². The Morgan fingerprint density at radius 1 is 0.931 bits per heavy atom. The molecule has 0 aliphatic rings. The van der Waals surface area contributed by atoms with Gasteiger partial charge < -0.3 is 29.7 Å². The number of pyridine rings is 1. The topological polar surface area (TPSA) is 93.1 Å². The lowest BCUT2D eigenvalue weighted by Gasteiger charge is -2.19. The van der Waals surface area contributed by atoms with Crippen LogP contribution in [0, 0.1) is 0 Å². The van der Waals surface area contributed by atoms with Crippen LogP contribution in [-0.4, -0.2) is 54.2 Å². The Labute approximate surface area is 169 Å². The van der Waals surface area contributed by atoms with Crippen molar-refractivity contribution in [3.8, 4) is 23.1 Å². The lowest BCUT2D eigenvalue weighted by molar-refractivity contribution is 0.102. The molecule has 0 spiro atoms. The number of nitrogens with one attached hydrogen (secondary N) is 1. The summed E-state index contributed by atoms with van der Waals surface area (Å²) < 4.78 is 16.8. The van der Waals surface area contributed by atoms with Crippen molar-refractivity contribution in [2.45, 2.75) is 19.1 Å². The van der Waals surface area contributed by atoms with Crippen LogP contribution in [0.15, 0.2) is 54.7 Å². The molecule has 0 aliphatic carbocycles. The predicted octanol–water partition coefficient (Wildman–Crippen LogP) is 2.75. The summed E-state index contributed by atoms with van der Waals surface area (Å²) in [7, 11) is 1.60. The van der Waals surface area contributed by atoms with Crippen LogP contribution in [0.5, 0.6) is 23.1 Å². The summed E-state index contributed by atoms with van der Waals surface area (Å²) in [6.45, 7) is 2.85. The van der Waals surface area contributed by atoms with E-state index in [2.05, 4.69) is 10.3 Å². The number of fused-ring (bicyclic) bond motifs is 1. The zero-order valence-electron chi connectivity index (χ0n) is 16.5. The molecule has 2 atom stereocenters. The number of para-hydroxylation sites is 2. The van der Waals surface area contributed by atoms with Gasteiger partial charge in [-0.15, -0.1) is 0 Å². The van der Waals surface area contributed by atoms with Crippen LogP contribution >= 0.6 is 0 Å². The summed E-state index contributed by atoms with van der Waals surface area (Å²) >= 11 is 0. The van der Waals surface area contributed by atoms with E-state index in [1.165, 1.54) is 6.20 Å². The number of ether oxygens (including phenoxy) is 3. The molecule has 3 rings (SSSR count). The van der Waals surface area contributed by atoms with E-state index in [4.69, 9.17) is 14.2 Å². The number of methoxy groups -OCH3 is 1. The number of benzene rings is 2. The lowest BCUT2D eigenvalue weighted by Crippen LogP contribution is -2.39. The van der Waals surface area contributed by atoms with Crippen molar-refractivity contribution >= 4 is 10.8 Å². The highest BCUT2D eigenvalue weighted by Crippen LogP contribution is 2.30. The first-order valence-corrected chi connectivity index (χ1v) is 9.45. The van der Waals surface area contributed by atoms with Gasteiger partial charge in [-0.3, -0.25) is 0 Å². The molecule has 0 aliphatic heterocycles. The number of rotatable bonds is 10. The summed E-state index contributed by atoms with van der Waals surface area (Å²) in [4.78, 5) is 3.93. The minimum absolute atomic E-state index is 0.0192. The summed E-state index contributed by atoms with van der Waals surface area (Å²) in [6, 6.07) is 14.8. The second kappa shape index (κ2) is 9.95. The first kappa shape index (κ1) is 20.7. The Kier molecular flexibility index (Phi) is 7.10. The number of aromatic nitrogens is 1. The van der Waals surface area contributed by atoms with Gasteiger partial charge in [-0.1, -0.05) is 30.3 Å². The van der Waals surface area contributed by atoms with E-state index >= 15 is 0 Å². The molecule has 0 unspecified atom stereocenters. The van der Waals surface area contributed by atoms with Crippen molar-refractivity contribution in [1.29, 1.82) is 0 Å². The molecule has 3 N–H and O–H groups in total. The van der Waals surface area contributed by atoms with Crippen molar-refractivity contribution < 1.29 is 24.4 Å². The van der Waals surface area contributed by atoms with Crippen LogP contribution in [0.25, 0.3) is 10.8 Å². The van der Waals surface area contributed by atoms with Crippen LogP contribution in [0.4, 0.5) is 0 Å². The molecule has 7 heteroatoms. The van der Waals surface area contributed by atoms with Gasteiger partial charge in [-0.05, 0) is 25.1 Å². The molecule has 0 amide bonds. The molecule has 0 fully saturated rings. The number of hydrogen-bond acceptors (Lipinski definition) is 7. The van der Waals surface area contributed by atoms with Gasteiger partial charge in [0.05, 0.1) is 13.3 Å². The summed E-state index contributed by atoms with van der Waals surface area (Å²) in [5.74, 6) is 1.84. The Morgan fingerprint density at radius 2 is 1.59 bits per heavy atom. The molecule has 0 bridgehead atoms. The fourth-order valence-electron chi connectivity index (χ4n) is 2.86. The highest BCUT2D eigenvalue weighted by Gasteiger charge is 2.12. The molecule has 154 valence electrons. The van der Waals surface area contributed by atoms with Crippen molar-refractivity contribution in [3.05, 3.63) is 54.7 Å². The highest BCUT2D eigenvalue weighted by atomic mass is 16.5. The molecule has 1 aromatic heterocycles. The molecule has 29 heavy (non-hydrogen) atoms. The zero-order chi connectivity index (χ0) is 20.6. The second-order valence-electron chi connectivity index (χ2n) is 6.73. The van der Waals surface area contributed by atoms with Gasteiger partial charge in [-0.2, -0.15) is 0 Å². The highest BCUT2D eigenvalue weighted by molar-refractivity contribution is 5.91. The maximum Gasteiger partial charge on any atom is 0.219 e. The fourth-order valence-corrected chi connectivity index (χ4v) is 2.86. The Hall–Kier alpha value is -3.03. The third kappa shape index (κ3) is 5.49. The number of nitrogens with zero attached hydrogens (tertiary/aromatic N) is 1. The van der Waals surface area contributed by atoms with Gasteiger partial charge in [0.1, 0.15) is 25.1 Å². The molecule has 0 saturated carbocycles. The third-order valence-electron chi connectivity index (χ3n) is 4.43. The number of aromatic hydroxyl groups is 1. The van der Waals surface area contributed by atoms with E-state index in [0.29, 0.717) is 35.8 Å². The second-order valence-corrected chi connectivity index (χ2v) is 6.73. The monoisotopic (exact) mass is 398 g/mol. The van der Waals surface area contributed by atoms with E-state index in [9.17, 15) is 10.2 Å². The van der Waals surface area contributed by atoms with E-state index in [1.54, 1.807) is 13.2 Å². The summed E-state index contributed by atoms with van der Waals surface area (Å²) in [5.41, 5.74) is 0. The van der Waals surface area contributed by atoms with E-state index in [1.807, 2.05) is 49.4 Å². The summed E-state index contributed by atoms with van der Waals surface area (Å²) in [6.07, 6.45) is 0.748. The minimum Gasteiger partial charge on any atom is -0.493 e. The van der Waals surface area contributed by atoms with Crippen molar-refractivity contribution in [2.75, 3.05) is 26.9 Å². The third-order valence-corrected chi connectivity index (χ3v) is 4.43. The normalized spacial score (nSPS) is 13.1. The average Bonchev–Trinajstić information content (AvgIpc) is 2.76. The van der Waals surface area contributed by atoms with Crippen LogP contribution in [-0.2, 0) is 0 Å². The Morgan fingerprint density at radius 3 is 2.34 bits per heavy atom. The molecule has 0 radical (unpaired) electrons. The van der Waals surface area contributed by atoms with Crippen LogP contribution in [0.2, 0.25) is 0 Å². The minimum atomic E-state index is -0.712. The Balaban J connectivity index is 1.45. The van der Waals surface area contributed by atoms with Gasteiger partial charge >= 0.3 is 0 Å². The number of aliphatic hydroxyl groups is 1. The fraction of sp³-hybridized carbons (Fsp3) is 0.318. The quantitative estimate of drug-likeness (QED) is 0.483. The summed E-state index contributed by atoms with van der Waals surface area (Å²) in [5, 5.41) is 24.7. The van der Waals surface area contributed by atoms with E-state index in [-0.39, 0.29) is 18.5 Å². The molecule has 2 aromatic carbocycles. The van der Waals surface area contributed by atoms with Crippen LogP contribution in [0.3, 0.4) is 0 Å². The molecular formula is C22H26N2O5. The van der Waals surface area contributed by atoms with Crippen molar-refractivity contribution in [1.82, 2.24) is 10.3 Å². The van der Waals surface area contributed by atoms with Crippen molar-refractivity contribution in [3.63, 3.8) is 0 Å². The molecule has 0 saturated heterocycles. The first-order chi connectivity index (χ1) is 14.1. The van der Waals surface area contributed by atoms with E-state index < -0.39 is 6.10 Å². The van der Waals surface area contributed by atoms with Crippen LogP contribution < -0.4 is 19.5 Å². The van der Waals surface area contributed by atoms with Gasteiger partial charge in [0.2, 0.25) is 5.88 Å². The number of aliphatic hydroxyl groups excluding tert-OH is 1. The van der Waals surface area contributed by atoms with Crippen LogP contribution in [0.1, 0.15) is 6.92 Å². The SMILES string of the molecule is COc1ccccc1OC[C@@H](C)NC[C@H](O)COc1cnc(O)c2ccccc12. The zero-order valence-corrected chi connectivity index (χ0v) is 16.5. The smallest absolute Gasteiger partial charge is 0.219 e. The van der Waals surface area contributed by atoms with Crippen molar-refractivity contribution in [2.24, 2.45) is 0 Å². The maximum atomic E-state index is 10.2. The molecule has 7 nitrogen and oxygen atoms in total. The van der Waals surface area contributed by atoms with Gasteiger partial charge in [0.25, 0.3) is 0 Å². The predicted molar refractivity (Wildman–Crippen MR) is 111 cm³/mol. The maximum absolute atomic E-state index is 10.2. The number of hydrogen-bond donors (Lipinski definition) is 3. The lowest BCUT2D eigenvalue weighted by atomic mass is 10.1. The average molecular weight is 398 g/mol.